The predicted octanol–water partition coefficient (Wildman–Crippen LogP) is 2.95. The van der Waals surface area contributed by atoms with E-state index >= 15 is 0 Å². The number of rotatable bonds is 5. The first-order chi connectivity index (χ1) is 10.9. The first-order valence-corrected chi connectivity index (χ1v) is 7.74. The molecular weight excluding hydrogens is 300 g/mol. The maximum atomic E-state index is 12.6. The van der Waals surface area contributed by atoms with Crippen molar-refractivity contribution in [1.82, 2.24) is 4.90 Å². The Kier molecular flexibility index (Phi) is 5.31. The smallest absolute Gasteiger partial charge is 0.335 e. The van der Waals surface area contributed by atoms with Gasteiger partial charge in [0.1, 0.15) is 0 Å². The molecule has 1 heterocycles. The number of nitro benzene ring substituents is 1. The Morgan fingerprint density at radius 2 is 2.04 bits per heavy atom. The summed E-state index contributed by atoms with van der Waals surface area (Å²) >= 11 is 0. The highest BCUT2D eigenvalue weighted by molar-refractivity contribution is 5.98. The fraction of sp³-hybridized carbons (Fsp3) is 0.500. The van der Waals surface area contributed by atoms with E-state index in [2.05, 4.69) is 6.92 Å². The minimum atomic E-state index is -1.29. The Morgan fingerprint density at radius 3 is 2.65 bits per heavy atom. The van der Waals surface area contributed by atoms with Gasteiger partial charge in [0.25, 0.3) is 11.6 Å². The second-order valence-electron chi connectivity index (χ2n) is 5.88. The number of aromatic carboxylic acids is 1. The number of carbonyl (C=O) groups excluding carboxylic acids is 1. The third-order valence-corrected chi connectivity index (χ3v) is 4.13. The lowest BCUT2D eigenvalue weighted by Gasteiger charge is -2.32. The lowest BCUT2D eigenvalue weighted by molar-refractivity contribution is -0.384. The van der Waals surface area contributed by atoms with Crippen LogP contribution in [0.25, 0.3) is 0 Å². The molecule has 1 unspecified atom stereocenters. The van der Waals surface area contributed by atoms with Gasteiger partial charge in [0, 0.05) is 30.8 Å². The Hall–Kier alpha value is -2.44. The van der Waals surface area contributed by atoms with Crippen LogP contribution in [-0.2, 0) is 0 Å². The Labute approximate surface area is 134 Å². The molecule has 0 spiro atoms. The second-order valence-corrected chi connectivity index (χ2v) is 5.88. The lowest BCUT2D eigenvalue weighted by Crippen LogP contribution is -2.40. The topological polar surface area (TPSA) is 101 Å². The normalized spacial score (nSPS) is 17.8. The van der Waals surface area contributed by atoms with Crippen LogP contribution in [0.4, 0.5) is 5.69 Å². The third-order valence-electron chi connectivity index (χ3n) is 4.13. The van der Waals surface area contributed by atoms with Crippen LogP contribution >= 0.6 is 0 Å². The van der Waals surface area contributed by atoms with Crippen molar-refractivity contribution in [2.45, 2.75) is 32.6 Å². The number of benzene rings is 1. The number of amides is 1. The molecule has 1 aliphatic heterocycles. The molecule has 2 rings (SSSR count). The number of nitro groups is 1. The second kappa shape index (κ2) is 7.21. The first-order valence-electron chi connectivity index (χ1n) is 7.74. The lowest BCUT2D eigenvalue weighted by atomic mass is 9.93. The number of carboxylic acids is 1. The van der Waals surface area contributed by atoms with Crippen LogP contribution in [0.1, 0.15) is 53.3 Å². The zero-order chi connectivity index (χ0) is 17.0. The summed E-state index contributed by atoms with van der Waals surface area (Å²) in [5.74, 6) is -1.18. The van der Waals surface area contributed by atoms with Gasteiger partial charge in [0.2, 0.25) is 0 Å². The molecule has 1 N–H and O–H groups in total. The van der Waals surface area contributed by atoms with Gasteiger partial charge >= 0.3 is 5.97 Å². The molecule has 0 aromatic heterocycles. The van der Waals surface area contributed by atoms with Gasteiger partial charge in [-0.3, -0.25) is 14.9 Å². The minimum absolute atomic E-state index is 0.0637. The summed E-state index contributed by atoms with van der Waals surface area (Å²) in [5.41, 5.74) is -0.561. The summed E-state index contributed by atoms with van der Waals surface area (Å²) in [6, 6.07) is 3.33. The number of likely N-dealkylation sites (tertiary alicyclic amines) is 1. The van der Waals surface area contributed by atoms with Crippen molar-refractivity contribution in [1.29, 1.82) is 0 Å². The third kappa shape index (κ3) is 4.06. The minimum Gasteiger partial charge on any atom is -0.478 e. The summed E-state index contributed by atoms with van der Waals surface area (Å²) in [5, 5.41) is 20.0. The van der Waals surface area contributed by atoms with Crippen LogP contribution in [0.15, 0.2) is 18.2 Å². The Balaban J connectivity index is 2.27. The van der Waals surface area contributed by atoms with E-state index in [0.29, 0.717) is 19.0 Å². The highest BCUT2D eigenvalue weighted by Crippen LogP contribution is 2.24. The number of hydrogen-bond donors (Lipinski definition) is 1. The number of piperidine rings is 1. The predicted molar refractivity (Wildman–Crippen MR) is 83.6 cm³/mol. The number of nitrogens with zero attached hydrogens (tertiary/aromatic N) is 2. The van der Waals surface area contributed by atoms with Crippen molar-refractivity contribution in [3.8, 4) is 0 Å². The largest absolute Gasteiger partial charge is 0.478 e. The number of hydrogen-bond acceptors (Lipinski definition) is 4. The molecular formula is C16H20N2O5. The van der Waals surface area contributed by atoms with Crippen molar-refractivity contribution in [2.75, 3.05) is 13.1 Å². The number of non-ortho nitro benzene ring substituents is 1. The molecule has 1 amide bonds. The molecule has 23 heavy (non-hydrogen) atoms. The van der Waals surface area contributed by atoms with Crippen LogP contribution < -0.4 is 0 Å². The average Bonchev–Trinajstić information content (AvgIpc) is 2.54. The van der Waals surface area contributed by atoms with E-state index in [1.54, 1.807) is 4.90 Å². The zero-order valence-corrected chi connectivity index (χ0v) is 13.0. The molecule has 1 saturated heterocycles. The zero-order valence-electron chi connectivity index (χ0n) is 13.0. The molecule has 124 valence electrons. The summed E-state index contributed by atoms with van der Waals surface area (Å²) in [6.07, 6.45) is 4.07. The van der Waals surface area contributed by atoms with Gasteiger partial charge in [-0.2, -0.15) is 0 Å². The molecule has 1 fully saturated rings. The van der Waals surface area contributed by atoms with Crippen LogP contribution in [0.3, 0.4) is 0 Å². The summed E-state index contributed by atoms with van der Waals surface area (Å²) < 4.78 is 0. The van der Waals surface area contributed by atoms with Crippen LogP contribution in [0.2, 0.25) is 0 Å². The van der Waals surface area contributed by atoms with Crippen LogP contribution in [0, 0.1) is 16.0 Å². The van der Waals surface area contributed by atoms with Crippen molar-refractivity contribution in [3.05, 3.63) is 39.4 Å². The standard InChI is InChI=1S/C16H20N2O5/c1-2-4-11-5-3-6-17(10-11)15(19)12-7-13(16(20)21)9-14(8-12)18(22)23/h7-9,11H,2-6,10H2,1H3,(H,20,21). The molecule has 0 aliphatic carbocycles. The molecule has 1 aromatic rings. The molecule has 0 saturated carbocycles. The van der Waals surface area contributed by atoms with Gasteiger partial charge in [-0.15, -0.1) is 0 Å². The fourth-order valence-corrected chi connectivity index (χ4v) is 3.04. The van der Waals surface area contributed by atoms with Crippen LogP contribution in [0.5, 0.6) is 0 Å². The number of carbonyl (C=O) groups is 2. The van der Waals surface area contributed by atoms with Gasteiger partial charge in [-0.05, 0) is 31.2 Å². The molecule has 0 bridgehead atoms. The SMILES string of the molecule is CCCC1CCCN(C(=O)c2cc(C(=O)O)cc([N+](=O)[O-])c2)C1. The first kappa shape index (κ1) is 16.9. The Morgan fingerprint density at radius 1 is 1.35 bits per heavy atom. The highest BCUT2D eigenvalue weighted by Gasteiger charge is 2.26. The maximum absolute atomic E-state index is 12.6. The van der Waals surface area contributed by atoms with Crippen LogP contribution in [-0.4, -0.2) is 39.9 Å². The van der Waals surface area contributed by atoms with Crippen molar-refractivity contribution >= 4 is 17.6 Å². The molecule has 7 nitrogen and oxygen atoms in total. The quantitative estimate of drug-likeness (QED) is 0.664. The van der Waals surface area contributed by atoms with E-state index in [0.717, 1.165) is 37.8 Å². The monoisotopic (exact) mass is 320 g/mol. The van der Waals surface area contributed by atoms with Crippen molar-refractivity contribution in [3.63, 3.8) is 0 Å². The Bertz CT molecular complexity index is 595. The van der Waals surface area contributed by atoms with Gasteiger partial charge < -0.3 is 10.0 Å². The highest BCUT2D eigenvalue weighted by atomic mass is 16.6. The van der Waals surface area contributed by atoms with Gasteiger partial charge in [0.15, 0.2) is 0 Å². The molecule has 0 radical (unpaired) electrons. The maximum Gasteiger partial charge on any atom is 0.335 e. The van der Waals surface area contributed by atoms with Crippen molar-refractivity contribution < 1.29 is 19.6 Å². The fourth-order valence-electron chi connectivity index (χ4n) is 3.04. The van der Waals surface area contributed by atoms with E-state index < -0.39 is 10.9 Å². The summed E-state index contributed by atoms with van der Waals surface area (Å²) in [4.78, 5) is 35.7. The van der Waals surface area contributed by atoms with Gasteiger partial charge in [-0.1, -0.05) is 13.3 Å². The molecule has 7 heteroatoms. The molecule has 1 aromatic carbocycles. The summed E-state index contributed by atoms with van der Waals surface area (Å²) in [6.45, 7) is 3.32. The average molecular weight is 320 g/mol. The van der Waals surface area contributed by atoms with E-state index in [9.17, 15) is 19.7 Å². The number of carboxylic acid groups (broad SMARTS) is 1. The van der Waals surface area contributed by atoms with Crippen molar-refractivity contribution in [2.24, 2.45) is 5.92 Å². The van der Waals surface area contributed by atoms with E-state index in [-0.39, 0.29) is 22.7 Å². The van der Waals surface area contributed by atoms with E-state index in [1.165, 1.54) is 6.07 Å². The molecule has 1 aliphatic rings. The van der Waals surface area contributed by atoms with Gasteiger partial charge in [0.05, 0.1) is 10.5 Å². The molecule has 1 atom stereocenters. The summed E-state index contributed by atoms with van der Waals surface area (Å²) in [7, 11) is 0. The van der Waals surface area contributed by atoms with E-state index in [4.69, 9.17) is 5.11 Å². The van der Waals surface area contributed by atoms with Gasteiger partial charge in [-0.25, -0.2) is 4.79 Å². The van der Waals surface area contributed by atoms with E-state index in [1.807, 2.05) is 0 Å².